The van der Waals surface area contributed by atoms with Gasteiger partial charge in [-0.15, -0.1) is 0 Å². The molecule has 1 unspecified atom stereocenters. The van der Waals surface area contributed by atoms with Crippen LogP contribution in [0.4, 0.5) is 0 Å². The first-order valence-corrected chi connectivity index (χ1v) is 36.5. The molecule has 0 bridgehead atoms. The summed E-state index contributed by atoms with van der Waals surface area (Å²) in [5, 5.41) is 0. The quantitative estimate of drug-likeness (QED) is 0.0261. The molecule has 0 heterocycles. The van der Waals surface area contributed by atoms with E-state index < -0.39 is 6.10 Å². The van der Waals surface area contributed by atoms with Crippen molar-refractivity contribution in [3.8, 4) is 0 Å². The molecule has 0 aliphatic carbocycles. The van der Waals surface area contributed by atoms with Gasteiger partial charge in [0.1, 0.15) is 13.2 Å². The molecule has 0 amide bonds. The predicted molar refractivity (Wildman–Crippen MR) is 353 cm³/mol. The lowest BCUT2D eigenvalue weighted by atomic mass is 10.0. The zero-order valence-electron chi connectivity index (χ0n) is 54.8. The summed E-state index contributed by atoms with van der Waals surface area (Å²) in [4.78, 5) is 38.4. The van der Waals surface area contributed by atoms with Crippen LogP contribution in [0.1, 0.15) is 406 Å². The van der Waals surface area contributed by atoms with E-state index in [1.165, 1.54) is 295 Å². The third-order valence-electron chi connectivity index (χ3n) is 16.6. The molecule has 0 spiro atoms. The number of unbranched alkanes of at least 4 members (excludes halogenated alkanes) is 51. The standard InChI is InChI=1S/C75H140O6/c1-4-7-10-13-16-19-22-25-27-29-30-31-32-33-34-35-36-37-38-39-40-41-42-43-44-46-47-50-53-56-59-62-65-68-74(77)80-71-72(70-79-73(76)67-64-61-58-55-52-49-24-21-18-15-12-9-6-3)81-75(78)69-66-63-60-57-54-51-48-45-28-26-23-20-17-14-11-8-5-2/h17,20,26,28-30,72H,4-16,18-19,21-25,27,31-71H2,1-3H3/b20-17-,28-26-,30-29-. The third kappa shape index (κ3) is 68.3. The van der Waals surface area contributed by atoms with Gasteiger partial charge < -0.3 is 14.2 Å². The minimum absolute atomic E-state index is 0.0696. The molecular formula is C75H140O6. The molecule has 0 rings (SSSR count). The number of ether oxygens (including phenoxy) is 3. The van der Waals surface area contributed by atoms with Crippen molar-refractivity contribution in [2.24, 2.45) is 0 Å². The topological polar surface area (TPSA) is 78.9 Å². The van der Waals surface area contributed by atoms with Gasteiger partial charge in [-0.25, -0.2) is 0 Å². The van der Waals surface area contributed by atoms with Crippen LogP contribution < -0.4 is 0 Å². The second kappa shape index (κ2) is 70.1. The van der Waals surface area contributed by atoms with Crippen molar-refractivity contribution in [1.82, 2.24) is 0 Å². The van der Waals surface area contributed by atoms with Crippen LogP contribution in [-0.4, -0.2) is 37.2 Å². The van der Waals surface area contributed by atoms with Gasteiger partial charge in [-0.1, -0.05) is 346 Å². The Morgan fingerprint density at radius 2 is 0.444 bits per heavy atom. The molecule has 1 atom stereocenters. The highest BCUT2D eigenvalue weighted by atomic mass is 16.6. The van der Waals surface area contributed by atoms with Gasteiger partial charge in [0.15, 0.2) is 6.10 Å². The molecule has 0 fully saturated rings. The number of carbonyl (C=O) groups is 3. The van der Waals surface area contributed by atoms with Gasteiger partial charge in [0.05, 0.1) is 0 Å². The normalized spacial score (nSPS) is 12.2. The summed E-state index contributed by atoms with van der Waals surface area (Å²) in [6.45, 7) is 6.68. The van der Waals surface area contributed by atoms with Crippen molar-refractivity contribution in [3.63, 3.8) is 0 Å². The lowest BCUT2D eigenvalue weighted by Crippen LogP contribution is -2.30. The summed E-state index contributed by atoms with van der Waals surface area (Å²) in [5.41, 5.74) is 0. The second-order valence-corrected chi connectivity index (χ2v) is 24.9. The summed E-state index contributed by atoms with van der Waals surface area (Å²) < 4.78 is 17.0. The lowest BCUT2D eigenvalue weighted by molar-refractivity contribution is -0.167. The van der Waals surface area contributed by atoms with E-state index in [0.717, 1.165) is 70.6 Å². The molecule has 0 radical (unpaired) electrons. The van der Waals surface area contributed by atoms with Crippen LogP contribution >= 0.6 is 0 Å². The molecule has 81 heavy (non-hydrogen) atoms. The molecule has 0 aliphatic rings. The number of carbonyl (C=O) groups excluding carboxylic acids is 3. The Hall–Kier alpha value is -2.37. The van der Waals surface area contributed by atoms with Gasteiger partial charge in [-0.3, -0.25) is 14.4 Å². The van der Waals surface area contributed by atoms with Crippen molar-refractivity contribution >= 4 is 17.9 Å². The smallest absolute Gasteiger partial charge is 0.306 e. The van der Waals surface area contributed by atoms with E-state index in [-0.39, 0.29) is 31.1 Å². The molecular weight excluding hydrogens is 997 g/mol. The average molecular weight is 1140 g/mol. The van der Waals surface area contributed by atoms with Gasteiger partial charge in [-0.2, -0.15) is 0 Å². The van der Waals surface area contributed by atoms with Gasteiger partial charge in [0.2, 0.25) is 0 Å². The van der Waals surface area contributed by atoms with Crippen LogP contribution in [0.25, 0.3) is 0 Å². The Bertz CT molecular complexity index is 1350. The number of hydrogen-bond acceptors (Lipinski definition) is 6. The average Bonchev–Trinajstić information content (AvgIpc) is 3.46. The van der Waals surface area contributed by atoms with Crippen LogP contribution in [0.3, 0.4) is 0 Å². The van der Waals surface area contributed by atoms with Crippen LogP contribution in [0.2, 0.25) is 0 Å². The highest BCUT2D eigenvalue weighted by Crippen LogP contribution is 2.19. The summed E-state index contributed by atoms with van der Waals surface area (Å²) in [6, 6.07) is 0. The second-order valence-electron chi connectivity index (χ2n) is 24.9. The van der Waals surface area contributed by atoms with E-state index >= 15 is 0 Å². The third-order valence-corrected chi connectivity index (χ3v) is 16.6. The van der Waals surface area contributed by atoms with Gasteiger partial charge in [0, 0.05) is 19.3 Å². The largest absolute Gasteiger partial charge is 0.462 e. The first kappa shape index (κ1) is 78.6. The SMILES string of the molecule is CCCCC/C=C\C/C=C\CCCCCCCCCC(=O)OC(COC(=O)CCCCCCCCCCCCCCC)COC(=O)CCCCCCCCCCCCCCCCCCCCCCC/C=C\CCCCCCCCCC. The van der Waals surface area contributed by atoms with Crippen molar-refractivity contribution < 1.29 is 28.6 Å². The van der Waals surface area contributed by atoms with E-state index in [9.17, 15) is 14.4 Å². The van der Waals surface area contributed by atoms with E-state index in [0.29, 0.717) is 19.3 Å². The monoisotopic (exact) mass is 1140 g/mol. The molecule has 0 aromatic rings. The highest BCUT2D eigenvalue weighted by molar-refractivity contribution is 5.71. The minimum Gasteiger partial charge on any atom is -0.462 e. The Balaban J connectivity index is 4.10. The van der Waals surface area contributed by atoms with Crippen molar-refractivity contribution in [1.29, 1.82) is 0 Å². The molecule has 6 nitrogen and oxygen atoms in total. The van der Waals surface area contributed by atoms with Gasteiger partial charge in [-0.05, 0) is 77.0 Å². The number of esters is 3. The van der Waals surface area contributed by atoms with Gasteiger partial charge in [0.25, 0.3) is 0 Å². The summed E-state index contributed by atoms with van der Waals surface area (Å²) >= 11 is 0. The summed E-state index contributed by atoms with van der Waals surface area (Å²) in [7, 11) is 0. The fraction of sp³-hybridized carbons (Fsp3) is 0.880. The van der Waals surface area contributed by atoms with E-state index in [2.05, 4.69) is 57.2 Å². The fourth-order valence-electron chi connectivity index (χ4n) is 11.1. The van der Waals surface area contributed by atoms with Crippen molar-refractivity contribution in [3.05, 3.63) is 36.5 Å². The molecule has 0 aliphatic heterocycles. The number of allylic oxidation sites excluding steroid dienone is 6. The molecule has 0 saturated heterocycles. The van der Waals surface area contributed by atoms with Crippen LogP contribution in [0, 0.1) is 0 Å². The van der Waals surface area contributed by atoms with Crippen LogP contribution in [-0.2, 0) is 28.6 Å². The predicted octanol–water partition coefficient (Wildman–Crippen LogP) is 25.1. The summed E-state index contributed by atoms with van der Waals surface area (Å²) in [6.07, 6.45) is 87.6. The van der Waals surface area contributed by atoms with Crippen LogP contribution in [0.15, 0.2) is 36.5 Å². The van der Waals surface area contributed by atoms with Crippen molar-refractivity contribution in [2.75, 3.05) is 13.2 Å². The zero-order chi connectivity index (χ0) is 58.5. The fourth-order valence-corrected chi connectivity index (χ4v) is 11.1. The Morgan fingerprint density at radius 3 is 0.716 bits per heavy atom. The van der Waals surface area contributed by atoms with E-state index in [1.54, 1.807) is 0 Å². The van der Waals surface area contributed by atoms with Crippen molar-refractivity contribution in [2.45, 2.75) is 412 Å². The maximum absolute atomic E-state index is 12.9. The molecule has 0 N–H and O–H groups in total. The zero-order valence-corrected chi connectivity index (χ0v) is 54.8. The first-order valence-electron chi connectivity index (χ1n) is 36.5. The van der Waals surface area contributed by atoms with E-state index in [4.69, 9.17) is 14.2 Å². The van der Waals surface area contributed by atoms with Crippen LogP contribution in [0.5, 0.6) is 0 Å². The Kier molecular flexibility index (Phi) is 68.1. The lowest BCUT2D eigenvalue weighted by Gasteiger charge is -2.18. The maximum atomic E-state index is 12.9. The minimum atomic E-state index is -0.773. The molecule has 476 valence electrons. The molecule has 0 saturated carbocycles. The molecule has 0 aromatic carbocycles. The van der Waals surface area contributed by atoms with Gasteiger partial charge >= 0.3 is 17.9 Å². The molecule has 6 heteroatoms. The number of hydrogen-bond donors (Lipinski definition) is 0. The highest BCUT2D eigenvalue weighted by Gasteiger charge is 2.19. The Labute approximate surface area is 506 Å². The first-order chi connectivity index (χ1) is 40.0. The molecule has 0 aromatic heterocycles. The number of rotatable bonds is 68. The summed E-state index contributed by atoms with van der Waals surface area (Å²) in [5.74, 6) is -0.849. The Morgan fingerprint density at radius 1 is 0.247 bits per heavy atom. The maximum Gasteiger partial charge on any atom is 0.306 e. The van der Waals surface area contributed by atoms with E-state index in [1.807, 2.05) is 0 Å².